The molecule has 2 aromatic rings. The highest BCUT2D eigenvalue weighted by Crippen LogP contribution is 2.14. The molecule has 24 heavy (non-hydrogen) atoms. The molecular formula is C18H24N4O2. The number of hydrogen-bond acceptors (Lipinski definition) is 3. The zero-order valence-electron chi connectivity index (χ0n) is 14.3. The third-order valence-electron chi connectivity index (χ3n) is 3.69. The monoisotopic (exact) mass is 328 g/mol. The molecule has 0 fully saturated rings. The number of rotatable bonds is 7. The van der Waals surface area contributed by atoms with Gasteiger partial charge in [0.2, 0.25) is 11.8 Å². The average molecular weight is 328 g/mol. The molecule has 0 aliphatic carbocycles. The van der Waals surface area contributed by atoms with Gasteiger partial charge in [-0.25, -0.2) is 0 Å². The first kappa shape index (κ1) is 17.7. The minimum atomic E-state index is -0.291. The van der Waals surface area contributed by atoms with E-state index in [0.717, 1.165) is 11.3 Å². The zero-order chi connectivity index (χ0) is 17.5. The Kier molecular flexibility index (Phi) is 6.12. The lowest BCUT2D eigenvalue weighted by Crippen LogP contribution is -2.33. The fourth-order valence-corrected chi connectivity index (χ4v) is 2.16. The average Bonchev–Trinajstić information content (AvgIpc) is 3.01. The highest BCUT2D eigenvalue weighted by molar-refractivity contribution is 5.93. The summed E-state index contributed by atoms with van der Waals surface area (Å²) in [4.78, 5) is 23.6. The number of anilines is 1. The van der Waals surface area contributed by atoms with Gasteiger partial charge in [0, 0.05) is 18.2 Å². The van der Waals surface area contributed by atoms with Gasteiger partial charge in [0.05, 0.1) is 6.54 Å². The summed E-state index contributed by atoms with van der Waals surface area (Å²) in [6, 6.07) is 9.87. The van der Waals surface area contributed by atoms with Crippen molar-refractivity contribution in [2.45, 2.75) is 39.5 Å². The van der Waals surface area contributed by atoms with Gasteiger partial charge < -0.3 is 10.6 Å². The van der Waals surface area contributed by atoms with Crippen molar-refractivity contribution < 1.29 is 9.59 Å². The third kappa shape index (κ3) is 5.53. The maximum Gasteiger partial charge on any atom is 0.244 e. The van der Waals surface area contributed by atoms with Crippen LogP contribution in [0.25, 0.3) is 0 Å². The molecule has 1 aromatic carbocycles. The van der Waals surface area contributed by atoms with Crippen LogP contribution in [-0.4, -0.2) is 28.6 Å². The summed E-state index contributed by atoms with van der Waals surface area (Å²) in [6.45, 7) is 6.04. The summed E-state index contributed by atoms with van der Waals surface area (Å²) >= 11 is 0. The Morgan fingerprint density at radius 2 is 1.88 bits per heavy atom. The molecule has 0 aliphatic heterocycles. The van der Waals surface area contributed by atoms with E-state index < -0.39 is 0 Å². The Balaban J connectivity index is 1.70. The van der Waals surface area contributed by atoms with Crippen LogP contribution in [0.3, 0.4) is 0 Å². The Labute approximate surface area is 142 Å². The van der Waals surface area contributed by atoms with Gasteiger partial charge in [-0.15, -0.1) is 0 Å². The lowest BCUT2D eigenvalue weighted by Gasteiger charge is -2.05. The SMILES string of the molecule is Cc1ccc(CCC(=O)NCC(=O)Nc2cc(C(C)C)[nH]n2)cc1. The maximum absolute atomic E-state index is 11.8. The number of H-pyrrole nitrogens is 1. The highest BCUT2D eigenvalue weighted by atomic mass is 16.2. The molecule has 0 radical (unpaired) electrons. The second-order valence-electron chi connectivity index (χ2n) is 6.17. The van der Waals surface area contributed by atoms with Crippen LogP contribution in [0.2, 0.25) is 0 Å². The lowest BCUT2D eigenvalue weighted by molar-refractivity contribution is -0.124. The van der Waals surface area contributed by atoms with E-state index in [2.05, 4.69) is 20.8 Å². The molecule has 6 heteroatoms. The van der Waals surface area contributed by atoms with Gasteiger partial charge in [-0.3, -0.25) is 14.7 Å². The van der Waals surface area contributed by atoms with Crippen LogP contribution in [0, 0.1) is 6.92 Å². The van der Waals surface area contributed by atoms with E-state index in [4.69, 9.17) is 0 Å². The molecule has 0 saturated heterocycles. The number of benzene rings is 1. The zero-order valence-corrected chi connectivity index (χ0v) is 14.3. The van der Waals surface area contributed by atoms with Crippen LogP contribution in [0.1, 0.15) is 43.0 Å². The van der Waals surface area contributed by atoms with Gasteiger partial charge in [0.1, 0.15) is 0 Å². The van der Waals surface area contributed by atoms with Crippen molar-refractivity contribution in [3.05, 3.63) is 47.2 Å². The van der Waals surface area contributed by atoms with Crippen molar-refractivity contribution in [3.8, 4) is 0 Å². The molecule has 1 heterocycles. The maximum atomic E-state index is 11.8. The minimum absolute atomic E-state index is 0.0589. The predicted molar refractivity (Wildman–Crippen MR) is 93.8 cm³/mol. The molecule has 2 rings (SSSR count). The Morgan fingerprint density at radius 1 is 1.17 bits per heavy atom. The van der Waals surface area contributed by atoms with Crippen LogP contribution in [0.5, 0.6) is 0 Å². The molecule has 0 unspecified atom stereocenters. The van der Waals surface area contributed by atoms with Gasteiger partial charge in [-0.1, -0.05) is 43.7 Å². The second-order valence-corrected chi connectivity index (χ2v) is 6.17. The third-order valence-corrected chi connectivity index (χ3v) is 3.69. The van der Waals surface area contributed by atoms with E-state index in [1.165, 1.54) is 5.56 Å². The molecule has 3 N–H and O–H groups in total. The van der Waals surface area contributed by atoms with Crippen molar-refractivity contribution in [2.75, 3.05) is 11.9 Å². The van der Waals surface area contributed by atoms with Crippen LogP contribution in [0.15, 0.2) is 30.3 Å². The second kappa shape index (κ2) is 8.29. The first-order valence-corrected chi connectivity index (χ1v) is 8.11. The standard InChI is InChI=1S/C18H24N4O2/c1-12(2)15-10-16(22-21-15)20-18(24)11-19-17(23)9-8-14-6-4-13(3)5-7-14/h4-7,10,12H,8-9,11H2,1-3H3,(H,19,23)(H2,20,21,22,24). The summed E-state index contributed by atoms with van der Waals surface area (Å²) in [7, 11) is 0. The number of aromatic amines is 1. The van der Waals surface area contributed by atoms with E-state index in [1.807, 2.05) is 45.0 Å². The molecule has 0 bridgehead atoms. The molecule has 0 spiro atoms. The topological polar surface area (TPSA) is 86.9 Å². The normalized spacial score (nSPS) is 10.7. The molecule has 1 aromatic heterocycles. The van der Waals surface area contributed by atoms with Gasteiger partial charge in [0.25, 0.3) is 0 Å². The number of carbonyl (C=O) groups excluding carboxylic acids is 2. The fourth-order valence-electron chi connectivity index (χ4n) is 2.16. The fraction of sp³-hybridized carbons (Fsp3) is 0.389. The number of carbonyl (C=O) groups is 2. The van der Waals surface area contributed by atoms with Crippen molar-refractivity contribution in [1.29, 1.82) is 0 Å². The summed E-state index contributed by atoms with van der Waals surface area (Å²) in [5.74, 6) is 0.346. The Hall–Kier alpha value is -2.63. The van der Waals surface area contributed by atoms with Crippen molar-refractivity contribution in [2.24, 2.45) is 0 Å². The van der Waals surface area contributed by atoms with E-state index in [0.29, 0.717) is 24.6 Å². The minimum Gasteiger partial charge on any atom is -0.347 e. The Morgan fingerprint density at radius 3 is 2.50 bits per heavy atom. The quantitative estimate of drug-likeness (QED) is 0.730. The molecule has 0 aliphatic rings. The number of hydrogen-bond donors (Lipinski definition) is 3. The molecule has 0 saturated carbocycles. The van der Waals surface area contributed by atoms with Gasteiger partial charge >= 0.3 is 0 Å². The van der Waals surface area contributed by atoms with Crippen LogP contribution in [-0.2, 0) is 16.0 Å². The number of aryl methyl sites for hydroxylation is 2. The molecular weight excluding hydrogens is 304 g/mol. The number of aromatic nitrogens is 2. The molecule has 6 nitrogen and oxygen atoms in total. The van der Waals surface area contributed by atoms with E-state index in [-0.39, 0.29) is 18.4 Å². The summed E-state index contributed by atoms with van der Waals surface area (Å²) in [5.41, 5.74) is 3.25. The van der Waals surface area contributed by atoms with Crippen LogP contribution >= 0.6 is 0 Å². The van der Waals surface area contributed by atoms with E-state index in [1.54, 1.807) is 6.07 Å². The predicted octanol–water partition coefficient (Wildman–Crippen LogP) is 2.53. The Bertz CT molecular complexity index is 689. The first-order valence-electron chi connectivity index (χ1n) is 8.11. The van der Waals surface area contributed by atoms with Gasteiger partial charge in [-0.2, -0.15) is 5.10 Å². The number of nitrogens with zero attached hydrogens (tertiary/aromatic N) is 1. The smallest absolute Gasteiger partial charge is 0.244 e. The van der Waals surface area contributed by atoms with Crippen molar-refractivity contribution >= 4 is 17.6 Å². The van der Waals surface area contributed by atoms with Crippen molar-refractivity contribution in [1.82, 2.24) is 15.5 Å². The molecule has 128 valence electrons. The first-order chi connectivity index (χ1) is 11.4. The highest BCUT2D eigenvalue weighted by Gasteiger charge is 2.09. The summed E-state index contributed by atoms with van der Waals surface area (Å²) in [5, 5.41) is 12.2. The summed E-state index contributed by atoms with van der Waals surface area (Å²) < 4.78 is 0. The van der Waals surface area contributed by atoms with Gasteiger partial charge in [-0.05, 0) is 24.8 Å². The van der Waals surface area contributed by atoms with E-state index in [9.17, 15) is 9.59 Å². The molecule has 0 atom stereocenters. The summed E-state index contributed by atoms with van der Waals surface area (Å²) in [6.07, 6.45) is 1.01. The largest absolute Gasteiger partial charge is 0.347 e. The van der Waals surface area contributed by atoms with Gasteiger partial charge in [0.15, 0.2) is 5.82 Å². The van der Waals surface area contributed by atoms with Crippen LogP contribution in [0.4, 0.5) is 5.82 Å². The van der Waals surface area contributed by atoms with Crippen molar-refractivity contribution in [3.63, 3.8) is 0 Å². The number of amides is 2. The van der Waals surface area contributed by atoms with Crippen LogP contribution < -0.4 is 10.6 Å². The lowest BCUT2D eigenvalue weighted by atomic mass is 10.1. The molecule has 2 amide bonds. The van der Waals surface area contributed by atoms with E-state index >= 15 is 0 Å². The number of nitrogens with one attached hydrogen (secondary N) is 3.